The first kappa shape index (κ1) is 18.4. The van der Waals surface area contributed by atoms with E-state index in [1.165, 1.54) is 18.3 Å². The summed E-state index contributed by atoms with van der Waals surface area (Å²) in [5, 5.41) is 9.22. The first-order valence-corrected chi connectivity index (χ1v) is 8.02. The maximum absolute atomic E-state index is 13.8. The summed E-state index contributed by atoms with van der Waals surface area (Å²) in [5.74, 6) is -1.34. The molecule has 0 atom stereocenters. The molecule has 2 N–H and O–H groups in total. The summed E-state index contributed by atoms with van der Waals surface area (Å²) in [6, 6.07) is 3.25. The molecule has 2 rings (SSSR count). The minimum atomic E-state index is -0.755. The number of halogens is 4. The fraction of sp³-hybridized carbons (Fsp3) is 0.0625. The predicted octanol–water partition coefficient (Wildman–Crippen LogP) is 5.03. The molecule has 122 valence electrons. The second kappa shape index (κ2) is 7.31. The van der Waals surface area contributed by atoms with Crippen LogP contribution in [-0.4, -0.2) is 10.8 Å². The Bertz CT molecular complexity index is 902. The van der Waals surface area contributed by atoms with Gasteiger partial charge in [0, 0.05) is 16.2 Å². The fourth-order valence-electron chi connectivity index (χ4n) is 2.08. The Morgan fingerprint density at radius 3 is 2.67 bits per heavy atom. The van der Waals surface area contributed by atoms with Crippen LogP contribution in [0, 0.1) is 17.1 Å². The average Bonchev–Trinajstić information content (AvgIpc) is 2.50. The van der Waals surface area contributed by atoms with E-state index < -0.39 is 11.6 Å². The van der Waals surface area contributed by atoms with E-state index in [1.807, 2.05) is 6.07 Å². The van der Waals surface area contributed by atoms with Crippen LogP contribution >= 0.6 is 39.1 Å². The van der Waals surface area contributed by atoms with Crippen LogP contribution in [0.1, 0.15) is 28.4 Å². The summed E-state index contributed by atoms with van der Waals surface area (Å²) in [7, 11) is 0. The molecule has 0 amide bonds. The smallest absolute Gasteiger partial charge is 0.190 e. The maximum atomic E-state index is 13.8. The monoisotopic (exact) mass is 427 g/mol. The van der Waals surface area contributed by atoms with Gasteiger partial charge in [0.05, 0.1) is 33.1 Å². The van der Waals surface area contributed by atoms with Crippen molar-refractivity contribution >= 4 is 56.2 Å². The van der Waals surface area contributed by atoms with Gasteiger partial charge in [0.2, 0.25) is 0 Å². The average molecular weight is 429 g/mol. The fourth-order valence-corrected chi connectivity index (χ4v) is 3.33. The molecule has 0 fully saturated rings. The van der Waals surface area contributed by atoms with Gasteiger partial charge in [-0.15, -0.1) is 0 Å². The standard InChI is InChI=1S/C16H9BrCl2FN3O/c1-7(2-12(24)14-9(17)5-23-6-11(14)20)13-10(18)3-8(4-21)16(22)15(13)19/h2-3,5-6H,22H2,1H3. The van der Waals surface area contributed by atoms with Gasteiger partial charge in [-0.1, -0.05) is 23.2 Å². The highest BCUT2D eigenvalue weighted by atomic mass is 79.9. The second-order valence-corrected chi connectivity index (χ2v) is 6.43. The van der Waals surface area contributed by atoms with Gasteiger partial charge in [-0.2, -0.15) is 5.26 Å². The lowest BCUT2D eigenvalue weighted by Crippen LogP contribution is -2.03. The lowest BCUT2D eigenvalue weighted by Gasteiger charge is -2.11. The van der Waals surface area contributed by atoms with Crippen LogP contribution in [0.4, 0.5) is 10.1 Å². The van der Waals surface area contributed by atoms with E-state index in [-0.39, 0.29) is 31.3 Å². The second-order valence-electron chi connectivity index (χ2n) is 4.79. The Morgan fingerprint density at radius 2 is 2.08 bits per heavy atom. The molecule has 0 spiro atoms. The van der Waals surface area contributed by atoms with Gasteiger partial charge in [-0.3, -0.25) is 9.78 Å². The van der Waals surface area contributed by atoms with E-state index in [1.54, 1.807) is 6.92 Å². The molecule has 0 radical (unpaired) electrons. The molecule has 0 saturated carbocycles. The molecule has 1 aromatic heterocycles. The number of carbonyl (C=O) groups excluding carboxylic acids is 1. The highest BCUT2D eigenvalue weighted by Crippen LogP contribution is 2.37. The number of nitrogens with two attached hydrogens (primary N) is 1. The van der Waals surface area contributed by atoms with Crippen molar-refractivity contribution in [3.63, 3.8) is 0 Å². The Hall–Kier alpha value is -1.94. The number of pyridine rings is 1. The molecule has 24 heavy (non-hydrogen) atoms. The number of benzene rings is 1. The van der Waals surface area contributed by atoms with Crippen LogP contribution in [0.2, 0.25) is 10.0 Å². The lowest BCUT2D eigenvalue weighted by atomic mass is 10.0. The minimum Gasteiger partial charge on any atom is -0.396 e. The van der Waals surface area contributed by atoms with Gasteiger partial charge in [0.1, 0.15) is 6.07 Å². The first-order valence-electron chi connectivity index (χ1n) is 6.47. The summed E-state index contributed by atoms with van der Waals surface area (Å²) in [5.41, 5.74) is 6.53. The van der Waals surface area contributed by atoms with E-state index in [0.29, 0.717) is 11.1 Å². The largest absolute Gasteiger partial charge is 0.396 e. The van der Waals surface area contributed by atoms with Crippen molar-refractivity contribution in [3.8, 4) is 6.07 Å². The summed E-state index contributed by atoms with van der Waals surface area (Å²) in [6.45, 7) is 1.59. The summed E-state index contributed by atoms with van der Waals surface area (Å²) in [4.78, 5) is 16.0. The van der Waals surface area contributed by atoms with Crippen LogP contribution in [0.3, 0.4) is 0 Å². The Morgan fingerprint density at radius 1 is 1.42 bits per heavy atom. The number of nitriles is 1. The molecule has 0 aliphatic heterocycles. The van der Waals surface area contributed by atoms with Crippen LogP contribution in [0.25, 0.3) is 5.57 Å². The molecule has 0 saturated heterocycles. The highest BCUT2D eigenvalue weighted by Gasteiger charge is 2.18. The number of hydrogen-bond acceptors (Lipinski definition) is 4. The van der Waals surface area contributed by atoms with Crippen LogP contribution in [0.15, 0.2) is 29.0 Å². The summed E-state index contributed by atoms with van der Waals surface area (Å²) in [6.07, 6.45) is 3.46. The third kappa shape index (κ3) is 3.44. The van der Waals surface area contributed by atoms with E-state index in [2.05, 4.69) is 20.9 Å². The van der Waals surface area contributed by atoms with E-state index in [9.17, 15) is 9.18 Å². The van der Waals surface area contributed by atoms with Gasteiger partial charge in [0.15, 0.2) is 11.6 Å². The quantitative estimate of drug-likeness (QED) is 0.422. The Kier molecular flexibility index (Phi) is 5.60. The number of carbonyl (C=O) groups is 1. The normalized spacial score (nSPS) is 11.2. The zero-order chi connectivity index (χ0) is 18.0. The number of hydrogen-bond donors (Lipinski definition) is 1. The van der Waals surface area contributed by atoms with Crippen molar-refractivity contribution in [2.75, 3.05) is 5.73 Å². The van der Waals surface area contributed by atoms with Crippen LogP contribution in [-0.2, 0) is 0 Å². The maximum Gasteiger partial charge on any atom is 0.190 e. The number of anilines is 1. The number of aromatic nitrogens is 1. The van der Waals surface area contributed by atoms with Gasteiger partial charge >= 0.3 is 0 Å². The Balaban J connectivity index is 2.55. The van der Waals surface area contributed by atoms with Gasteiger partial charge < -0.3 is 5.73 Å². The zero-order valence-corrected chi connectivity index (χ0v) is 15.3. The molecule has 2 aromatic rings. The predicted molar refractivity (Wildman–Crippen MR) is 95.5 cm³/mol. The van der Waals surface area contributed by atoms with Gasteiger partial charge in [-0.25, -0.2) is 4.39 Å². The SMILES string of the molecule is CC(=CC(=O)c1c(F)cncc1Br)c1c(Cl)cc(C#N)c(N)c1Cl. The van der Waals surface area contributed by atoms with Gasteiger partial charge in [-0.05, 0) is 40.6 Å². The molecule has 1 aromatic carbocycles. The van der Waals surface area contributed by atoms with E-state index in [0.717, 1.165) is 6.20 Å². The zero-order valence-electron chi connectivity index (χ0n) is 12.2. The summed E-state index contributed by atoms with van der Waals surface area (Å²) >= 11 is 15.4. The lowest BCUT2D eigenvalue weighted by molar-refractivity contribution is 0.104. The molecule has 0 unspecified atom stereocenters. The third-order valence-electron chi connectivity index (χ3n) is 3.22. The summed E-state index contributed by atoms with van der Waals surface area (Å²) < 4.78 is 14.1. The van der Waals surface area contributed by atoms with Crippen LogP contribution in [0.5, 0.6) is 0 Å². The van der Waals surface area contributed by atoms with Crippen molar-refractivity contribution < 1.29 is 9.18 Å². The molecule has 0 aliphatic rings. The number of ketones is 1. The molecular weight excluding hydrogens is 420 g/mol. The highest BCUT2D eigenvalue weighted by molar-refractivity contribution is 9.10. The Labute approximate surface area is 155 Å². The topological polar surface area (TPSA) is 79.8 Å². The number of rotatable bonds is 3. The molecule has 0 bridgehead atoms. The molecular formula is C16H9BrCl2FN3O. The van der Waals surface area contributed by atoms with E-state index in [4.69, 9.17) is 34.2 Å². The molecule has 4 nitrogen and oxygen atoms in total. The number of nitrogen functional groups attached to an aromatic ring is 1. The van der Waals surface area contributed by atoms with Crippen molar-refractivity contribution in [1.29, 1.82) is 5.26 Å². The number of nitrogens with zero attached hydrogens (tertiary/aromatic N) is 2. The molecule has 8 heteroatoms. The first-order chi connectivity index (χ1) is 11.3. The van der Waals surface area contributed by atoms with E-state index >= 15 is 0 Å². The minimum absolute atomic E-state index is 0.0647. The third-order valence-corrected chi connectivity index (χ3v) is 4.51. The van der Waals surface area contributed by atoms with Crippen LogP contribution < -0.4 is 5.73 Å². The molecule has 1 heterocycles. The number of allylic oxidation sites excluding steroid dienone is 2. The van der Waals surface area contributed by atoms with Crippen molar-refractivity contribution in [1.82, 2.24) is 4.98 Å². The molecule has 0 aliphatic carbocycles. The van der Waals surface area contributed by atoms with Crippen molar-refractivity contribution in [3.05, 3.63) is 61.6 Å². The van der Waals surface area contributed by atoms with Crippen molar-refractivity contribution in [2.24, 2.45) is 0 Å². The van der Waals surface area contributed by atoms with Gasteiger partial charge in [0.25, 0.3) is 0 Å². The van der Waals surface area contributed by atoms with Crippen molar-refractivity contribution in [2.45, 2.75) is 6.92 Å².